The number of carbonyl (C=O) groups excluding carboxylic acids is 1. The molecule has 12 heavy (non-hydrogen) atoms. The Morgan fingerprint density at radius 1 is 0.750 bits per heavy atom. The summed E-state index contributed by atoms with van der Waals surface area (Å²) >= 11 is 0. The molecule has 0 amide bonds. The monoisotopic (exact) mass is 178 g/mol. The van der Waals surface area contributed by atoms with Crippen LogP contribution in [0.4, 0.5) is 0 Å². The second kappa shape index (κ2) is 3.08. The maximum atomic E-state index is 10.8. The Morgan fingerprint density at radius 2 is 1.08 bits per heavy atom. The third-order valence-electron chi connectivity index (χ3n) is 1.93. The summed E-state index contributed by atoms with van der Waals surface area (Å²) in [6, 6.07) is 0. The van der Waals surface area contributed by atoms with Gasteiger partial charge < -0.3 is 25.5 Å². The van der Waals surface area contributed by atoms with Crippen molar-refractivity contribution in [3.63, 3.8) is 0 Å². The number of rotatable bonds is 0. The van der Waals surface area contributed by atoms with E-state index in [1.807, 2.05) is 0 Å². The average molecular weight is 178 g/mol. The van der Waals surface area contributed by atoms with Gasteiger partial charge in [-0.15, -0.1) is 0 Å². The molecule has 6 nitrogen and oxygen atoms in total. The highest BCUT2D eigenvalue weighted by Crippen LogP contribution is 2.17. The summed E-state index contributed by atoms with van der Waals surface area (Å²) in [7, 11) is 0. The van der Waals surface area contributed by atoms with Gasteiger partial charge in [-0.05, 0) is 0 Å². The van der Waals surface area contributed by atoms with Gasteiger partial charge in [0.15, 0.2) is 5.78 Å². The van der Waals surface area contributed by atoms with Crippen molar-refractivity contribution in [1.29, 1.82) is 0 Å². The first-order chi connectivity index (χ1) is 5.46. The molecule has 70 valence electrons. The summed E-state index contributed by atoms with van der Waals surface area (Å²) in [4.78, 5) is 10.8. The van der Waals surface area contributed by atoms with Crippen LogP contribution in [0.2, 0.25) is 0 Å². The van der Waals surface area contributed by atoms with E-state index in [1.54, 1.807) is 0 Å². The lowest BCUT2D eigenvalue weighted by atomic mass is 9.86. The van der Waals surface area contributed by atoms with Crippen molar-refractivity contribution >= 4 is 5.78 Å². The zero-order valence-electron chi connectivity index (χ0n) is 6.03. The van der Waals surface area contributed by atoms with Gasteiger partial charge in [0.2, 0.25) is 0 Å². The normalized spacial score (nSPS) is 49.4. The minimum Gasteiger partial charge on any atom is -0.387 e. The summed E-state index contributed by atoms with van der Waals surface area (Å²) in [6.45, 7) is 0. The number of aliphatic hydroxyl groups excluding tert-OH is 5. The van der Waals surface area contributed by atoms with E-state index < -0.39 is 36.3 Å². The van der Waals surface area contributed by atoms with Gasteiger partial charge in [-0.1, -0.05) is 0 Å². The van der Waals surface area contributed by atoms with Crippen molar-refractivity contribution in [2.75, 3.05) is 0 Å². The Bertz CT molecular complexity index is 174. The minimum atomic E-state index is -1.83. The van der Waals surface area contributed by atoms with Gasteiger partial charge in [-0.2, -0.15) is 0 Å². The predicted octanol–water partition coefficient (Wildman–Crippen LogP) is -3.63. The lowest BCUT2D eigenvalue weighted by Gasteiger charge is -2.34. The number of aliphatic hydroxyl groups is 5. The highest BCUT2D eigenvalue weighted by Gasteiger charge is 2.47. The molecular formula is C6H10O6. The zero-order chi connectivity index (χ0) is 9.46. The molecule has 1 fully saturated rings. The van der Waals surface area contributed by atoms with E-state index in [1.165, 1.54) is 0 Å². The average Bonchev–Trinajstić information content (AvgIpc) is 2.08. The molecule has 0 aromatic heterocycles. The molecule has 1 unspecified atom stereocenters. The van der Waals surface area contributed by atoms with E-state index in [9.17, 15) is 4.79 Å². The number of carbonyl (C=O) groups is 1. The molecule has 6 heteroatoms. The largest absolute Gasteiger partial charge is 0.387 e. The molecule has 1 saturated carbocycles. The molecule has 1 aliphatic carbocycles. The summed E-state index contributed by atoms with van der Waals surface area (Å²) < 4.78 is 0. The maximum absolute atomic E-state index is 10.8. The molecule has 0 bridgehead atoms. The number of hydrogen-bond acceptors (Lipinski definition) is 6. The minimum absolute atomic E-state index is 1.08. The number of ketones is 1. The van der Waals surface area contributed by atoms with Crippen molar-refractivity contribution in [2.45, 2.75) is 30.5 Å². The Labute approximate surface area is 67.7 Å². The van der Waals surface area contributed by atoms with Gasteiger partial charge in [-0.3, -0.25) is 4.79 Å². The van der Waals surface area contributed by atoms with E-state index in [4.69, 9.17) is 25.5 Å². The van der Waals surface area contributed by atoms with Crippen LogP contribution < -0.4 is 0 Å². The van der Waals surface area contributed by atoms with Crippen molar-refractivity contribution < 1.29 is 30.3 Å². The topological polar surface area (TPSA) is 118 Å². The smallest absolute Gasteiger partial charge is 0.195 e. The summed E-state index contributed by atoms with van der Waals surface area (Å²) in [5, 5.41) is 44.5. The van der Waals surface area contributed by atoms with E-state index in [-0.39, 0.29) is 0 Å². The third-order valence-corrected chi connectivity index (χ3v) is 1.93. The van der Waals surface area contributed by atoms with Crippen LogP contribution in [0.15, 0.2) is 0 Å². The van der Waals surface area contributed by atoms with Crippen LogP contribution >= 0.6 is 0 Å². The zero-order valence-corrected chi connectivity index (χ0v) is 6.03. The van der Waals surface area contributed by atoms with Gasteiger partial charge in [0, 0.05) is 0 Å². The van der Waals surface area contributed by atoms with Crippen molar-refractivity contribution in [3.8, 4) is 0 Å². The Balaban J connectivity index is 2.83. The van der Waals surface area contributed by atoms with E-state index in [0.29, 0.717) is 0 Å². The van der Waals surface area contributed by atoms with Crippen LogP contribution in [0, 0.1) is 0 Å². The van der Waals surface area contributed by atoms with Crippen LogP contribution in [0.3, 0.4) is 0 Å². The SMILES string of the molecule is O=C1[C@@H](O)[C@H](O)C(O)[C@H](O)[C@@H]1O. The quantitative estimate of drug-likeness (QED) is 0.261. The highest BCUT2D eigenvalue weighted by atomic mass is 16.4. The lowest BCUT2D eigenvalue weighted by Crippen LogP contribution is -2.61. The van der Waals surface area contributed by atoms with Crippen LogP contribution in [0.1, 0.15) is 0 Å². The molecule has 1 rings (SSSR count). The third kappa shape index (κ3) is 1.23. The molecule has 0 heterocycles. The maximum Gasteiger partial charge on any atom is 0.195 e. The molecule has 0 radical (unpaired) electrons. The first-order valence-electron chi connectivity index (χ1n) is 3.41. The first-order valence-corrected chi connectivity index (χ1v) is 3.41. The van der Waals surface area contributed by atoms with Crippen LogP contribution in [-0.2, 0) is 4.79 Å². The molecule has 0 aliphatic heterocycles. The predicted molar refractivity (Wildman–Crippen MR) is 35.0 cm³/mol. The fourth-order valence-electron chi connectivity index (χ4n) is 1.09. The van der Waals surface area contributed by atoms with Crippen LogP contribution in [0.5, 0.6) is 0 Å². The first kappa shape index (κ1) is 9.56. The molecule has 0 aromatic carbocycles. The van der Waals surface area contributed by atoms with Gasteiger partial charge in [0.1, 0.15) is 30.5 Å². The van der Waals surface area contributed by atoms with Gasteiger partial charge in [-0.25, -0.2) is 0 Å². The Kier molecular flexibility index (Phi) is 2.45. The highest BCUT2D eigenvalue weighted by molar-refractivity contribution is 5.89. The fraction of sp³-hybridized carbons (Fsp3) is 0.833. The van der Waals surface area contributed by atoms with E-state index in [0.717, 1.165) is 0 Å². The van der Waals surface area contributed by atoms with Crippen molar-refractivity contribution in [1.82, 2.24) is 0 Å². The van der Waals surface area contributed by atoms with Crippen molar-refractivity contribution in [2.24, 2.45) is 0 Å². The summed E-state index contributed by atoms with van der Waals surface area (Å²) in [6.07, 6.45) is -8.85. The molecule has 1 aliphatic rings. The van der Waals surface area contributed by atoms with Gasteiger partial charge >= 0.3 is 0 Å². The van der Waals surface area contributed by atoms with Gasteiger partial charge in [0.25, 0.3) is 0 Å². The molecule has 0 spiro atoms. The van der Waals surface area contributed by atoms with Crippen molar-refractivity contribution in [3.05, 3.63) is 0 Å². The second-order valence-electron chi connectivity index (χ2n) is 2.76. The molecular weight excluding hydrogens is 168 g/mol. The van der Waals surface area contributed by atoms with Crippen LogP contribution in [0.25, 0.3) is 0 Å². The van der Waals surface area contributed by atoms with E-state index >= 15 is 0 Å². The Hall–Kier alpha value is -0.530. The van der Waals surface area contributed by atoms with Crippen LogP contribution in [-0.4, -0.2) is 61.8 Å². The second-order valence-corrected chi connectivity index (χ2v) is 2.76. The fourth-order valence-corrected chi connectivity index (χ4v) is 1.09. The summed E-state index contributed by atoms with van der Waals surface area (Å²) in [5.41, 5.74) is 0. The molecule has 0 aromatic rings. The Morgan fingerprint density at radius 3 is 1.42 bits per heavy atom. The molecule has 0 saturated heterocycles. The molecule has 5 atom stereocenters. The van der Waals surface area contributed by atoms with Gasteiger partial charge in [0.05, 0.1) is 0 Å². The number of hydrogen-bond donors (Lipinski definition) is 5. The number of Topliss-reactive ketones (excluding diaryl/α,β-unsaturated/α-hetero) is 1. The molecule has 5 N–H and O–H groups in total. The summed E-state index contributed by atoms with van der Waals surface area (Å²) in [5.74, 6) is -1.08. The lowest BCUT2D eigenvalue weighted by molar-refractivity contribution is -0.185. The van der Waals surface area contributed by atoms with E-state index in [2.05, 4.69) is 0 Å². The standard InChI is InChI=1S/C6H10O6/c7-1-2(8)4(10)6(12)5(11)3(1)9/h1-5,7-11H/t1?,2-,3+,4-,5-/m0/s1.